The minimum absolute atomic E-state index is 0.00382. The molecule has 8 nitrogen and oxygen atoms in total. The zero-order valence-corrected chi connectivity index (χ0v) is 16.4. The first kappa shape index (κ1) is 21.7. The molecule has 1 N–H and O–H groups in total. The molecular formula is C16H29NO7S. The van der Waals surface area contributed by atoms with E-state index in [0.717, 1.165) is 19.1 Å². The number of amides is 1. The van der Waals surface area contributed by atoms with Crippen LogP contribution in [-0.4, -0.2) is 52.1 Å². The van der Waals surface area contributed by atoms with E-state index in [1.807, 2.05) is 0 Å². The van der Waals surface area contributed by atoms with Gasteiger partial charge in [-0.3, -0.25) is 8.98 Å². The van der Waals surface area contributed by atoms with Crippen LogP contribution < -0.4 is 5.32 Å². The van der Waals surface area contributed by atoms with E-state index in [1.165, 1.54) is 7.11 Å². The van der Waals surface area contributed by atoms with Gasteiger partial charge in [0.05, 0.1) is 25.9 Å². The first-order chi connectivity index (χ1) is 11.4. The maximum atomic E-state index is 12.2. The lowest BCUT2D eigenvalue weighted by Crippen LogP contribution is -2.50. The second-order valence-corrected chi connectivity index (χ2v) is 8.95. The minimum atomic E-state index is -3.53. The lowest BCUT2D eigenvalue weighted by atomic mass is 9.74. The van der Waals surface area contributed by atoms with Crippen LogP contribution in [0.2, 0.25) is 0 Å². The van der Waals surface area contributed by atoms with Crippen molar-refractivity contribution in [1.29, 1.82) is 0 Å². The second-order valence-electron chi connectivity index (χ2n) is 7.31. The quantitative estimate of drug-likeness (QED) is 0.554. The number of carbonyl (C=O) groups excluding carboxylic acids is 2. The zero-order chi connectivity index (χ0) is 19.3. The maximum Gasteiger partial charge on any atom is 0.407 e. The third kappa shape index (κ3) is 8.04. The number of hydrogen-bond acceptors (Lipinski definition) is 7. The van der Waals surface area contributed by atoms with Gasteiger partial charge in [-0.2, -0.15) is 8.42 Å². The summed E-state index contributed by atoms with van der Waals surface area (Å²) in [5.74, 6) is -1.12. The van der Waals surface area contributed by atoms with Gasteiger partial charge in [0.2, 0.25) is 0 Å². The molecule has 1 aliphatic carbocycles. The van der Waals surface area contributed by atoms with Crippen molar-refractivity contribution in [3.8, 4) is 0 Å². The van der Waals surface area contributed by atoms with Crippen LogP contribution in [0.4, 0.5) is 4.79 Å². The van der Waals surface area contributed by atoms with Crippen molar-refractivity contribution < 1.29 is 31.7 Å². The fourth-order valence-electron chi connectivity index (χ4n) is 3.08. The van der Waals surface area contributed by atoms with E-state index in [4.69, 9.17) is 13.7 Å². The predicted molar refractivity (Wildman–Crippen MR) is 91.4 cm³/mol. The van der Waals surface area contributed by atoms with Gasteiger partial charge >= 0.3 is 12.1 Å². The van der Waals surface area contributed by atoms with Crippen LogP contribution in [0.25, 0.3) is 0 Å². The fourth-order valence-corrected chi connectivity index (χ4v) is 3.48. The van der Waals surface area contributed by atoms with Gasteiger partial charge in [0.25, 0.3) is 10.1 Å². The Kier molecular flexibility index (Phi) is 7.67. The molecule has 146 valence electrons. The fraction of sp³-hybridized carbons (Fsp3) is 0.875. The first-order valence-corrected chi connectivity index (χ1v) is 10.2. The average molecular weight is 379 g/mol. The minimum Gasteiger partial charge on any atom is -0.469 e. The lowest BCUT2D eigenvalue weighted by Gasteiger charge is -2.37. The van der Waals surface area contributed by atoms with Crippen LogP contribution in [0.3, 0.4) is 0 Å². The molecule has 0 aromatic heterocycles. The van der Waals surface area contributed by atoms with E-state index in [1.54, 1.807) is 20.8 Å². The third-order valence-electron chi connectivity index (χ3n) is 3.99. The molecule has 1 fully saturated rings. The van der Waals surface area contributed by atoms with Gasteiger partial charge in [-0.25, -0.2) is 4.79 Å². The highest BCUT2D eigenvalue weighted by Gasteiger charge is 2.40. The summed E-state index contributed by atoms with van der Waals surface area (Å²) in [7, 11) is -2.23. The third-order valence-corrected chi connectivity index (χ3v) is 4.59. The number of ether oxygens (including phenoxy) is 2. The highest BCUT2D eigenvalue weighted by molar-refractivity contribution is 7.85. The zero-order valence-electron chi connectivity index (χ0n) is 15.5. The summed E-state index contributed by atoms with van der Waals surface area (Å²) >= 11 is 0. The van der Waals surface area contributed by atoms with Crippen LogP contribution in [0.1, 0.15) is 46.5 Å². The van der Waals surface area contributed by atoms with Crippen LogP contribution >= 0.6 is 0 Å². The number of hydrogen-bond donors (Lipinski definition) is 1. The van der Waals surface area contributed by atoms with Gasteiger partial charge in [-0.15, -0.1) is 0 Å². The van der Waals surface area contributed by atoms with E-state index < -0.39 is 39.7 Å². The maximum absolute atomic E-state index is 12.2. The molecule has 0 spiro atoms. The highest BCUT2D eigenvalue weighted by Crippen LogP contribution is 2.34. The Morgan fingerprint density at radius 2 is 1.84 bits per heavy atom. The molecule has 1 rings (SSSR count). The van der Waals surface area contributed by atoms with Gasteiger partial charge < -0.3 is 14.8 Å². The smallest absolute Gasteiger partial charge is 0.407 e. The Labute approximate surface area is 149 Å². The molecule has 0 bridgehead atoms. The molecule has 0 radical (unpaired) electrons. The predicted octanol–water partition coefficient (Wildman–Crippen LogP) is 1.84. The van der Waals surface area contributed by atoms with Gasteiger partial charge in [-0.1, -0.05) is 6.42 Å². The molecule has 9 heteroatoms. The topological polar surface area (TPSA) is 108 Å². The van der Waals surface area contributed by atoms with Gasteiger partial charge in [0.1, 0.15) is 5.60 Å². The Hall–Kier alpha value is -1.35. The molecule has 3 atom stereocenters. The van der Waals surface area contributed by atoms with Crippen LogP contribution in [0, 0.1) is 11.8 Å². The van der Waals surface area contributed by atoms with E-state index >= 15 is 0 Å². The van der Waals surface area contributed by atoms with Crippen LogP contribution in [0.15, 0.2) is 0 Å². The largest absolute Gasteiger partial charge is 0.469 e. The Morgan fingerprint density at radius 3 is 2.36 bits per heavy atom. The molecule has 1 amide bonds. The number of rotatable bonds is 6. The Bertz CT molecular complexity index is 568. The van der Waals surface area contributed by atoms with E-state index in [-0.39, 0.29) is 12.5 Å². The number of alkyl carbamates (subject to hydrolysis) is 1. The summed E-state index contributed by atoms with van der Waals surface area (Å²) in [4.78, 5) is 24.3. The van der Waals surface area contributed by atoms with Crippen LogP contribution in [0.5, 0.6) is 0 Å². The van der Waals surface area contributed by atoms with Crippen LogP contribution in [-0.2, 0) is 28.6 Å². The standard InChI is InChI=1S/C16H29NO7S/c1-16(2,3)24-15(19)17-12-8-6-7-11(13(12)14(18)22-4)9-10-23-25(5,20)21/h11-13H,6-10H2,1-5H3,(H,17,19)/t11-,12-,13-/m1/s1. The summed E-state index contributed by atoms with van der Waals surface area (Å²) in [6.07, 6.45) is 2.96. The molecule has 1 saturated carbocycles. The molecule has 0 heterocycles. The molecule has 25 heavy (non-hydrogen) atoms. The summed E-state index contributed by atoms with van der Waals surface area (Å²) in [5, 5.41) is 2.76. The van der Waals surface area contributed by atoms with Crippen molar-refractivity contribution in [1.82, 2.24) is 5.32 Å². The molecule has 0 aromatic rings. The summed E-state index contributed by atoms with van der Waals surface area (Å²) < 4.78 is 37.1. The lowest BCUT2D eigenvalue weighted by molar-refractivity contribution is -0.150. The molecule has 0 aliphatic heterocycles. The van der Waals surface area contributed by atoms with Crippen molar-refractivity contribution >= 4 is 22.2 Å². The van der Waals surface area contributed by atoms with Gasteiger partial charge in [0.15, 0.2) is 0 Å². The SMILES string of the molecule is COC(=O)[C@@H]1[C@@H](CCOS(C)(=O)=O)CCC[C@H]1NC(=O)OC(C)(C)C. The van der Waals surface area contributed by atoms with Gasteiger partial charge in [-0.05, 0) is 46.0 Å². The molecule has 1 aliphatic rings. The monoisotopic (exact) mass is 379 g/mol. The van der Waals surface area contributed by atoms with Crippen molar-refractivity contribution in [3.05, 3.63) is 0 Å². The molecule has 0 unspecified atom stereocenters. The number of carbonyl (C=O) groups is 2. The average Bonchev–Trinajstić information content (AvgIpc) is 2.43. The molecule has 0 saturated heterocycles. The number of esters is 1. The van der Waals surface area contributed by atoms with Crippen molar-refractivity contribution in [2.24, 2.45) is 11.8 Å². The Morgan fingerprint density at radius 1 is 1.20 bits per heavy atom. The van der Waals surface area contributed by atoms with Gasteiger partial charge in [0, 0.05) is 6.04 Å². The van der Waals surface area contributed by atoms with Crippen molar-refractivity contribution in [2.75, 3.05) is 20.0 Å². The number of methoxy groups -OCH3 is 1. The second kappa shape index (κ2) is 8.84. The van der Waals surface area contributed by atoms with E-state index in [0.29, 0.717) is 12.8 Å². The summed E-state index contributed by atoms with van der Waals surface area (Å²) in [6.45, 7) is 5.28. The highest BCUT2D eigenvalue weighted by atomic mass is 32.2. The van der Waals surface area contributed by atoms with Crippen molar-refractivity contribution in [2.45, 2.75) is 58.1 Å². The normalized spacial score (nSPS) is 24.4. The van der Waals surface area contributed by atoms with E-state index in [9.17, 15) is 18.0 Å². The Balaban J connectivity index is 2.78. The van der Waals surface area contributed by atoms with Crippen molar-refractivity contribution in [3.63, 3.8) is 0 Å². The number of nitrogens with one attached hydrogen (secondary N) is 1. The summed E-state index contributed by atoms with van der Waals surface area (Å²) in [6, 6.07) is -0.417. The summed E-state index contributed by atoms with van der Waals surface area (Å²) in [5.41, 5.74) is -0.637. The first-order valence-electron chi connectivity index (χ1n) is 8.34. The molecule has 0 aromatic carbocycles. The van der Waals surface area contributed by atoms with E-state index in [2.05, 4.69) is 5.32 Å². The molecular weight excluding hydrogens is 350 g/mol.